The van der Waals surface area contributed by atoms with Gasteiger partial charge in [0.2, 0.25) is 5.95 Å². The lowest BCUT2D eigenvalue weighted by atomic mass is 9.93. The van der Waals surface area contributed by atoms with Crippen molar-refractivity contribution in [3.8, 4) is 11.1 Å². The summed E-state index contributed by atoms with van der Waals surface area (Å²) in [6.07, 6.45) is -0.901. The smallest absolute Gasteiger partial charge is 0.393 e. The minimum atomic E-state index is -4.62. The molecule has 0 atom stereocenters. The highest BCUT2D eigenvalue weighted by molar-refractivity contribution is 6.33. The van der Waals surface area contributed by atoms with Gasteiger partial charge in [0.25, 0.3) is 5.56 Å². The van der Waals surface area contributed by atoms with Crippen LogP contribution in [0, 0.1) is 0 Å². The maximum atomic E-state index is 13.3. The van der Waals surface area contributed by atoms with Crippen LogP contribution in [0.5, 0.6) is 0 Å². The average Bonchev–Trinajstić information content (AvgIpc) is 2.72. The first-order valence-corrected chi connectivity index (χ1v) is 10.3. The van der Waals surface area contributed by atoms with Crippen LogP contribution < -0.4 is 10.9 Å². The number of aliphatic hydroxyl groups excluding tert-OH is 1. The maximum Gasteiger partial charge on any atom is 0.406 e. The quantitative estimate of drug-likeness (QED) is 0.613. The fourth-order valence-electron chi connectivity index (χ4n) is 3.83. The molecule has 0 radical (unpaired) electrons. The first kappa shape index (κ1) is 21.6. The van der Waals surface area contributed by atoms with E-state index in [9.17, 15) is 23.1 Å². The molecular weight excluding hydrogens is 433 g/mol. The number of nitrogens with one attached hydrogen (secondary N) is 1. The number of hydrogen-bond acceptors (Lipinski definition) is 5. The van der Waals surface area contributed by atoms with Gasteiger partial charge >= 0.3 is 6.18 Å². The molecule has 0 spiro atoms. The predicted molar refractivity (Wildman–Crippen MR) is 112 cm³/mol. The maximum absolute atomic E-state index is 13.3. The Morgan fingerprint density at radius 1 is 1.16 bits per heavy atom. The average molecular weight is 453 g/mol. The number of hydrogen-bond donors (Lipinski definition) is 2. The summed E-state index contributed by atoms with van der Waals surface area (Å²) in [5, 5.41) is 13.3. The minimum absolute atomic E-state index is 0.00559. The molecule has 1 saturated carbocycles. The van der Waals surface area contributed by atoms with Gasteiger partial charge < -0.3 is 10.4 Å². The third-order valence-electron chi connectivity index (χ3n) is 5.36. The summed E-state index contributed by atoms with van der Waals surface area (Å²) in [5.41, 5.74) is -0.544. The number of anilines is 1. The Balaban J connectivity index is 1.81. The van der Waals surface area contributed by atoms with Crippen molar-refractivity contribution < 1.29 is 18.3 Å². The number of aromatic nitrogens is 3. The van der Waals surface area contributed by atoms with Crippen LogP contribution in [-0.2, 0) is 6.54 Å². The summed E-state index contributed by atoms with van der Waals surface area (Å²) in [5.74, 6) is 0.148. The highest BCUT2D eigenvalue weighted by Crippen LogP contribution is 2.29. The Labute approximate surface area is 180 Å². The van der Waals surface area contributed by atoms with Gasteiger partial charge in [0.15, 0.2) is 0 Å². The van der Waals surface area contributed by atoms with E-state index in [1.54, 1.807) is 24.3 Å². The molecule has 1 aromatic carbocycles. The van der Waals surface area contributed by atoms with Crippen LogP contribution in [0.3, 0.4) is 0 Å². The van der Waals surface area contributed by atoms with Gasteiger partial charge in [0.1, 0.15) is 12.2 Å². The molecule has 1 fully saturated rings. The van der Waals surface area contributed by atoms with Gasteiger partial charge in [-0.2, -0.15) is 18.2 Å². The van der Waals surface area contributed by atoms with E-state index in [1.807, 2.05) is 0 Å². The van der Waals surface area contributed by atoms with Crippen LogP contribution >= 0.6 is 11.6 Å². The molecule has 3 aromatic rings. The van der Waals surface area contributed by atoms with Crippen LogP contribution in [0.1, 0.15) is 25.7 Å². The van der Waals surface area contributed by atoms with E-state index in [4.69, 9.17) is 11.6 Å². The number of alkyl halides is 3. The fourth-order valence-corrected chi connectivity index (χ4v) is 4.07. The molecule has 0 amide bonds. The van der Waals surface area contributed by atoms with Gasteiger partial charge in [-0.15, -0.1) is 0 Å². The van der Waals surface area contributed by atoms with Gasteiger partial charge in [0, 0.05) is 33.8 Å². The van der Waals surface area contributed by atoms with Crippen LogP contribution in [0.15, 0.2) is 41.3 Å². The van der Waals surface area contributed by atoms with Crippen molar-refractivity contribution >= 4 is 28.6 Å². The molecule has 0 saturated heterocycles. The van der Waals surface area contributed by atoms with E-state index < -0.39 is 18.3 Å². The number of aliphatic hydroxyl groups is 1. The third kappa shape index (κ3) is 4.83. The molecule has 2 aromatic heterocycles. The summed E-state index contributed by atoms with van der Waals surface area (Å²) in [4.78, 5) is 21.5. The summed E-state index contributed by atoms with van der Waals surface area (Å²) >= 11 is 6.18. The van der Waals surface area contributed by atoms with Crippen molar-refractivity contribution in [1.29, 1.82) is 0 Å². The van der Waals surface area contributed by atoms with Crippen LogP contribution in [0.2, 0.25) is 5.02 Å². The zero-order chi connectivity index (χ0) is 22.2. The van der Waals surface area contributed by atoms with E-state index in [0.29, 0.717) is 41.2 Å². The minimum Gasteiger partial charge on any atom is -0.393 e. The van der Waals surface area contributed by atoms with Crippen molar-refractivity contribution in [2.45, 2.75) is 50.6 Å². The highest BCUT2D eigenvalue weighted by Gasteiger charge is 2.31. The second kappa shape index (κ2) is 8.47. The Hall–Kier alpha value is -2.65. The van der Waals surface area contributed by atoms with Gasteiger partial charge in [-0.3, -0.25) is 9.36 Å². The first-order valence-electron chi connectivity index (χ1n) is 9.88. The van der Waals surface area contributed by atoms with Gasteiger partial charge in [-0.1, -0.05) is 29.8 Å². The number of rotatable bonds is 4. The molecule has 1 aliphatic rings. The zero-order valence-corrected chi connectivity index (χ0v) is 17.1. The largest absolute Gasteiger partial charge is 0.406 e. The molecule has 4 rings (SSSR count). The van der Waals surface area contributed by atoms with Gasteiger partial charge in [-0.05, 0) is 37.8 Å². The van der Waals surface area contributed by atoms with Crippen molar-refractivity contribution in [3.05, 3.63) is 51.9 Å². The van der Waals surface area contributed by atoms with Crippen molar-refractivity contribution in [2.75, 3.05) is 5.32 Å². The van der Waals surface area contributed by atoms with E-state index in [1.165, 1.54) is 12.3 Å². The lowest BCUT2D eigenvalue weighted by Crippen LogP contribution is -2.31. The SMILES string of the molecule is O=c1c(-c2ccccc2Cl)cc2cnc(NC3CCC(O)CC3)nc2n1CC(F)(F)F. The lowest BCUT2D eigenvalue weighted by Gasteiger charge is -2.26. The monoisotopic (exact) mass is 452 g/mol. The second-order valence-corrected chi connectivity index (χ2v) is 8.07. The predicted octanol–water partition coefficient (Wildman–Crippen LogP) is 4.39. The molecule has 0 unspecified atom stereocenters. The number of halogens is 4. The van der Waals surface area contributed by atoms with E-state index in [-0.39, 0.29) is 34.3 Å². The summed E-state index contributed by atoms with van der Waals surface area (Å²) in [6.45, 7) is -1.48. The summed E-state index contributed by atoms with van der Waals surface area (Å²) < 4.78 is 40.5. The second-order valence-electron chi connectivity index (χ2n) is 7.67. The molecule has 2 N–H and O–H groups in total. The molecule has 0 bridgehead atoms. The Morgan fingerprint density at radius 2 is 1.87 bits per heavy atom. The van der Waals surface area contributed by atoms with E-state index in [0.717, 1.165) is 0 Å². The molecule has 164 valence electrons. The number of nitrogens with zero attached hydrogens (tertiary/aromatic N) is 3. The van der Waals surface area contributed by atoms with Crippen molar-refractivity contribution in [1.82, 2.24) is 14.5 Å². The van der Waals surface area contributed by atoms with Crippen LogP contribution in [0.4, 0.5) is 19.1 Å². The molecule has 6 nitrogen and oxygen atoms in total. The first-order chi connectivity index (χ1) is 14.7. The zero-order valence-electron chi connectivity index (χ0n) is 16.4. The fraction of sp³-hybridized carbons (Fsp3) is 0.381. The topological polar surface area (TPSA) is 80.0 Å². The Bertz CT molecular complexity index is 1160. The molecule has 10 heteroatoms. The Morgan fingerprint density at radius 3 is 2.55 bits per heavy atom. The molecule has 2 heterocycles. The number of pyridine rings is 1. The summed E-state index contributed by atoms with van der Waals surface area (Å²) in [7, 11) is 0. The van der Waals surface area contributed by atoms with E-state index >= 15 is 0 Å². The molecule has 31 heavy (non-hydrogen) atoms. The van der Waals surface area contributed by atoms with Crippen LogP contribution in [0.25, 0.3) is 22.2 Å². The van der Waals surface area contributed by atoms with Gasteiger partial charge in [0.05, 0.1) is 6.10 Å². The van der Waals surface area contributed by atoms with Crippen molar-refractivity contribution in [3.63, 3.8) is 0 Å². The van der Waals surface area contributed by atoms with Crippen molar-refractivity contribution in [2.24, 2.45) is 0 Å². The third-order valence-corrected chi connectivity index (χ3v) is 5.69. The molecule has 1 aliphatic carbocycles. The lowest BCUT2D eigenvalue weighted by molar-refractivity contribution is -0.140. The van der Waals surface area contributed by atoms with Gasteiger partial charge in [-0.25, -0.2) is 4.98 Å². The molecule has 0 aliphatic heterocycles. The normalized spacial score (nSPS) is 19.5. The van der Waals surface area contributed by atoms with Crippen LogP contribution in [-0.4, -0.2) is 38.0 Å². The van der Waals surface area contributed by atoms with E-state index in [2.05, 4.69) is 15.3 Å². The standard InChI is InChI=1S/C21H20ClF3N4O2/c22-17-4-2-1-3-15(17)16-9-12-10-26-20(27-13-5-7-14(30)8-6-13)28-18(12)29(19(16)31)11-21(23,24)25/h1-4,9-10,13-14,30H,5-8,11H2,(H,26,27,28). The Kier molecular flexibility index (Phi) is 5.90. The number of benzene rings is 1. The summed E-state index contributed by atoms with van der Waals surface area (Å²) in [6, 6.07) is 7.95. The molecular formula is C21H20ClF3N4O2. The highest BCUT2D eigenvalue weighted by atomic mass is 35.5. The number of fused-ring (bicyclic) bond motifs is 1.